The maximum Gasteiger partial charge on any atom is 0.326 e. The van der Waals surface area contributed by atoms with Crippen LogP contribution >= 0.6 is 0 Å². The van der Waals surface area contributed by atoms with Crippen LogP contribution in [-0.2, 0) is 9.59 Å². The highest BCUT2D eigenvalue weighted by molar-refractivity contribution is 5.93. The van der Waals surface area contributed by atoms with Crippen LogP contribution in [0.1, 0.15) is 29.3 Å². The minimum absolute atomic E-state index is 0.186. The molecule has 0 saturated heterocycles. The minimum atomic E-state index is -1.31. The summed E-state index contributed by atoms with van der Waals surface area (Å²) < 4.78 is 0. The van der Waals surface area contributed by atoms with Gasteiger partial charge in [0.1, 0.15) is 11.9 Å². The zero-order chi connectivity index (χ0) is 13.7. The van der Waals surface area contributed by atoms with Crippen molar-refractivity contribution >= 4 is 17.8 Å². The lowest BCUT2D eigenvalue weighted by atomic mass is 10.1. The fourth-order valence-corrected chi connectivity index (χ4v) is 1.19. The van der Waals surface area contributed by atoms with Crippen molar-refractivity contribution < 1.29 is 24.6 Å². The highest BCUT2D eigenvalue weighted by Crippen LogP contribution is 2.00. The molecule has 18 heavy (non-hydrogen) atoms. The van der Waals surface area contributed by atoms with Gasteiger partial charge in [0.25, 0.3) is 5.91 Å². The standard InChI is InChI=1S/C9H12N4O5/c1-4-10-7(13-12-4)8(16)11-5(9(17)18)2-3-6(14)15/h5H,2-3H2,1H3,(H,11,16)(H,14,15)(H,17,18)(H,10,12,13). The predicted molar refractivity (Wildman–Crippen MR) is 56.9 cm³/mol. The Morgan fingerprint density at radius 1 is 1.39 bits per heavy atom. The first-order valence-corrected chi connectivity index (χ1v) is 5.04. The Kier molecular flexibility index (Phi) is 4.35. The van der Waals surface area contributed by atoms with Gasteiger partial charge >= 0.3 is 11.9 Å². The van der Waals surface area contributed by atoms with Crippen LogP contribution in [-0.4, -0.2) is 49.3 Å². The Morgan fingerprint density at radius 2 is 2.06 bits per heavy atom. The first-order chi connectivity index (χ1) is 8.40. The largest absolute Gasteiger partial charge is 0.481 e. The van der Waals surface area contributed by atoms with Gasteiger partial charge in [-0.2, -0.15) is 0 Å². The van der Waals surface area contributed by atoms with Crippen molar-refractivity contribution in [1.82, 2.24) is 20.5 Å². The third-order valence-corrected chi connectivity index (χ3v) is 2.05. The number of carboxylic acid groups (broad SMARTS) is 2. The van der Waals surface area contributed by atoms with Gasteiger partial charge in [-0.15, -0.1) is 5.10 Å². The predicted octanol–water partition coefficient (Wildman–Crippen LogP) is -0.839. The molecule has 9 nitrogen and oxygen atoms in total. The van der Waals surface area contributed by atoms with Gasteiger partial charge in [-0.25, -0.2) is 9.78 Å². The summed E-state index contributed by atoms with van der Waals surface area (Å²) >= 11 is 0. The van der Waals surface area contributed by atoms with Crippen LogP contribution in [0, 0.1) is 6.92 Å². The molecular weight excluding hydrogens is 244 g/mol. The van der Waals surface area contributed by atoms with Crippen molar-refractivity contribution in [3.63, 3.8) is 0 Å². The van der Waals surface area contributed by atoms with Gasteiger partial charge in [-0.1, -0.05) is 0 Å². The number of carboxylic acids is 2. The molecule has 1 amide bonds. The Balaban J connectivity index is 2.63. The molecule has 1 rings (SSSR count). The number of aliphatic carboxylic acids is 2. The summed E-state index contributed by atoms with van der Waals surface area (Å²) in [5.74, 6) is -2.98. The summed E-state index contributed by atoms with van der Waals surface area (Å²) in [7, 11) is 0. The van der Waals surface area contributed by atoms with Gasteiger partial charge in [0.2, 0.25) is 5.82 Å². The SMILES string of the molecule is Cc1nc(C(=O)NC(CCC(=O)O)C(=O)O)n[nH]1. The van der Waals surface area contributed by atoms with Gasteiger partial charge in [0, 0.05) is 6.42 Å². The van der Waals surface area contributed by atoms with Crippen molar-refractivity contribution in [2.75, 3.05) is 0 Å². The number of carbonyl (C=O) groups is 3. The number of H-pyrrole nitrogens is 1. The molecule has 4 N–H and O–H groups in total. The Labute approximate surface area is 101 Å². The molecule has 98 valence electrons. The van der Waals surface area contributed by atoms with Gasteiger partial charge in [0.05, 0.1) is 0 Å². The second-order valence-corrected chi connectivity index (χ2v) is 3.54. The van der Waals surface area contributed by atoms with Crippen LogP contribution in [0.5, 0.6) is 0 Å². The number of aromatic amines is 1. The molecule has 0 saturated carbocycles. The van der Waals surface area contributed by atoms with E-state index in [1.54, 1.807) is 6.92 Å². The molecule has 0 aliphatic rings. The first-order valence-electron chi connectivity index (χ1n) is 5.04. The van der Waals surface area contributed by atoms with Gasteiger partial charge in [0.15, 0.2) is 0 Å². The summed E-state index contributed by atoms with van der Waals surface area (Å²) in [5.41, 5.74) is 0. The van der Waals surface area contributed by atoms with E-state index in [1.165, 1.54) is 0 Å². The van der Waals surface area contributed by atoms with E-state index in [0.29, 0.717) is 5.82 Å². The Hall–Kier alpha value is -2.45. The number of hydrogen-bond donors (Lipinski definition) is 4. The number of hydrogen-bond acceptors (Lipinski definition) is 5. The summed E-state index contributed by atoms with van der Waals surface area (Å²) in [4.78, 5) is 36.5. The molecule has 1 unspecified atom stereocenters. The van der Waals surface area contributed by atoms with Crippen LogP contribution in [0.3, 0.4) is 0 Å². The van der Waals surface area contributed by atoms with Crippen LogP contribution in [0.2, 0.25) is 0 Å². The summed E-state index contributed by atoms with van der Waals surface area (Å²) in [6, 6.07) is -1.28. The molecule has 0 aliphatic carbocycles. The lowest BCUT2D eigenvalue weighted by Crippen LogP contribution is -2.41. The smallest absolute Gasteiger partial charge is 0.326 e. The van der Waals surface area contributed by atoms with E-state index in [2.05, 4.69) is 20.5 Å². The minimum Gasteiger partial charge on any atom is -0.481 e. The third-order valence-electron chi connectivity index (χ3n) is 2.05. The molecule has 0 radical (unpaired) electrons. The monoisotopic (exact) mass is 256 g/mol. The molecule has 9 heteroatoms. The fourth-order valence-electron chi connectivity index (χ4n) is 1.19. The second kappa shape index (κ2) is 5.75. The normalized spacial score (nSPS) is 11.8. The van der Waals surface area contributed by atoms with E-state index in [1.807, 2.05) is 0 Å². The average Bonchev–Trinajstić information content (AvgIpc) is 2.70. The molecule has 0 aliphatic heterocycles. The maximum absolute atomic E-state index is 11.6. The van der Waals surface area contributed by atoms with Crippen molar-refractivity contribution in [1.29, 1.82) is 0 Å². The first kappa shape index (κ1) is 13.6. The number of nitrogens with one attached hydrogen (secondary N) is 2. The van der Waals surface area contributed by atoms with Crippen molar-refractivity contribution in [2.45, 2.75) is 25.8 Å². The molecule has 1 aromatic heterocycles. The maximum atomic E-state index is 11.6. The molecule has 0 spiro atoms. The summed E-state index contributed by atoms with van der Waals surface area (Å²) in [5, 5.41) is 25.5. The van der Waals surface area contributed by atoms with Crippen LogP contribution < -0.4 is 5.32 Å². The number of aryl methyl sites for hydroxylation is 1. The third kappa shape index (κ3) is 3.85. The lowest BCUT2D eigenvalue weighted by molar-refractivity contribution is -0.140. The van der Waals surface area contributed by atoms with Crippen LogP contribution in [0.4, 0.5) is 0 Å². The molecule has 0 fully saturated rings. The second-order valence-electron chi connectivity index (χ2n) is 3.54. The van der Waals surface area contributed by atoms with E-state index >= 15 is 0 Å². The topological polar surface area (TPSA) is 145 Å². The zero-order valence-corrected chi connectivity index (χ0v) is 9.51. The lowest BCUT2D eigenvalue weighted by Gasteiger charge is -2.11. The van der Waals surface area contributed by atoms with Gasteiger partial charge in [-0.05, 0) is 13.3 Å². The number of aromatic nitrogens is 3. The van der Waals surface area contributed by atoms with E-state index in [9.17, 15) is 14.4 Å². The van der Waals surface area contributed by atoms with Crippen LogP contribution in [0.25, 0.3) is 0 Å². The van der Waals surface area contributed by atoms with E-state index < -0.39 is 23.9 Å². The van der Waals surface area contributed by atoms with E-state index in [0.717, 1.165) is 0 Å². The molecule has 0 bridgehead atoms. The number of carbonyl (C=O) groups excluding carboxylic acids is 1. The molecule has 1 heterocycles. The summed E-state index contributed by atoms with van der Waals surface area (Å²) in [6.45, 7) is 1.59. The Morgan fingerprint density at radius 3 is 2.50 bits per heavy atom. The van der Waals surface area contributed by atoms with Crippen molar-refractivity contribution in [3.05, 3.63) is 11.6 Å². The van der Waals surface area contributed by atoms with Crippen LogP contribution in [0.15, 0.2) is 0 Å². The van der Waals surface area contributed by atoms with Gasteiger partial charge in [-0.3, -0.25) is 14.7 Å². The Bertz CT molecular complexity index is 469. The number of rotatable bonds is 6. The summed E-state index contributed by atoms with van der Waals surface area (Å²) in [6.07, 6.45) is -0.565. The highest BCUT2D eigenvalue weighted by atomic mass is 16.4. The highest BCUT2D eigenvalue weighted by Gasteiger charge is 2.23. The zero-order valence-electron chi connectivity index (χ0n) is 9.51. The molecule has 1 atom stereocenters. The molecule has 1 aromatic rings. The number of nitrogens with zero attached hydrogens (tertiary/aromatic N) is 2. The number of amides is 1. The van der Waals surface area contributed by atoms with Crippen molar-refractivity contribution in [2.24, 2.45) is 0 Å². The van der Waals surface area contributed by atoms with E-state index in [-0.39, 0.29) is 18.7 Å². The van der Waals surface area contributed by atoms with Crippen molar-refractivity contribution in [3.8, 4) is 0 Å². The quantitative estimate of drug-likeness (QED) is 0.519. The average molecular weight is 256 g/mol. The molecule has 0 aromatic carbocycles. The molecular formula is C9H12N4O5. The van der Waals surface area contributed by atoms with Gasteiger partial charge < -0.3 is 15.5 Å². The fraction of sp³-hybridized carbons (Fsp3) is 0.444. The van der Waals surface area contributed by atoms with E-state index in [4.69, 9.17) is 10.2 Å².